The third kappa shape index (κ3) is 3.25. The van der Waals surface area contributed by atoms with Crippen LogP contribution in [-0.4, -0.2) is 38.6 Å². The largest absolute Gasteiger partial charge is 0.468 e. The van der Waals surface area contributed by atoms with Gasteiger partial charge in [0, 0.05) is 20.6 Å². The molecule has 84 valence electrons. The number of carbonyl (C=O) groups is 2. The van der Waals surface area contributed by atoms with E-state index in [0.717, 1.165) is 0 Å². The lowest BCUT2D eigenvalue weighted by Gasteiger charge is -2.07. The average molecular weight is 215 g/mol. The summed E-state index contributed by atoms with van der Waals surface area (Å²) in [5.74, 6) is -0.745. The summed E-state index contributed by atoms with van der Waals surface area (Å²) in [7, 11) is 1.56. The van der Waals surface area contributed by atoms with Crippen molar-refractivity contribution in [3.05, 3.63) is 11.6 Å². The predicted octanol–water partition coefficient (Wildman–Crippen LogP) is -0.446. The molecule has 15 heavy (non-hydrogen) atoms. The van der Waals surface area contributed by atoms with E-state index in [2.05, 4.69) is 5.32 Å². The van der Waals surface area contributed by atoms with Crippen molar-refractivity contribution in [2.45, 2.75) is 6.92 Å². The van der Waals surface area contributed by atoms with Crippen molar-refractivity contribution in [3.8, 4) is 0 Å². The van der Waals surface area contributed by atoms with Gasteiger partial charge in [0.25, 0.3) is 0 Å². The van der Waals surface area contributed by atoms with Gasteiger partial charge in [-0.05, 0) is 0 Å². The van der Waals surface area contributed by atoms with Gasteiger partial charge in [-0.25, -0.2) is 0 Å². The number of ketones is 1. The van der Waals surface area contributed by atoms with E-state index in [1.165, 1.54) is 6.92 Å². The van der Waals surface area contributed by atoms with Gasteiger partial charge in [0.05, 0.1) is 6.61 Å². The molecule has 0 aromatic rings. The van der Waals surface area contributed by atoms with Crippen LogP contribution in [0.5, 0.6) is 0 Å². The highest BCUT2D eigenvalue weighted by atomic mass is 16.6. The van der Waals surface area contributed by atoms with Gasteiger partial charge < -0.3 is 19.5 Å². The summed E-state index contributed by atoms with van der Waals surface area (Å²) >= 11 is 0. The molecule has 1 aliphatic heterocycles. The molecule has 0 unspecified atom stereocenters. The highest BCUT2D eigenvalue weighted by Crippen LogP contribution is 2.14. The smallest absolute Gasteiger partial charge is 0.308 e. The minimum Gasteiger partial charge on any atom is -0.468 e. The van der Waals surface area contributed by atoms with Crippen molar-refractivity contribution in [2.75, 3.05) is 26.9 Å². The summed E-state index contributed by atoms with van der Waals surface area (Å²) in [4.78, 5) is 21.9. The van der Waals surface area contributed by atoms with Gasteiger partial charge in [-0.1, -0.05) is 0 Å². The highest BCUT2D eigenvalue weighted by molar-refractivity contribution is 5.98. The van der Waals surface area contributed by atoms with Crippen molar-refractivity contribution in [2.24, 2.45) is 0 Å². The fourth-order valence-electron chi connectivity index (χ4n) is 1.04. The Labute approximate surface area is 87.2 Å². The summed E-state index contributed by atoms with van der Waals surface area (Å²) in [6.45, 7) is 2.07. The Hall–Kier alpha value is -1.56. The van der Waals surface area contributed by atoms with Gasteiger partial charge in [0.2, 0.25) is 17.4 Å². The number of hydrogen-bond donors (Lipinski definition) is 1. The van der Waals surface area contributed by atoms with E-state index in [9.17, 15) is 9.59 Å². The zero-order valence-electron chi connectivity index (χ0n) is 8.66. The monoisotopic (exact) mass is 215 g/mol. The van der Waals surface area contributed by atoms with Crippen LogP contribution in [0, 0.1) is 0 Å². The van der Waals surface area contributed by atoms with E-state index < -0.39 is 5.97 Å². The van der Waals surface area contributed by atoms with Crippen molar-refractivity contribution >= 4 is 11.8 Å². The maximum atomic E-state index is 11.2. The summed E-state index contributed by atoms with van der Waals surface area (Å²) in [6.07, 6.45) is 0. The molecule has 0 fully saturated rings. The number of hydrogen-bond acceptors (Lipinski definition) is 6. The second-order valence-corrected chi connectivity index (χ2v) is 2.88. The van der Waals surface area contributed by atoms with Crippen molar-refractivity contribution in [1.29, 1.82) is 0 Å². The number of Topliss-reactive ketones (excluding diaryl/α,β-unsaturated/α-hetero) is 1. The SMILES string of the molecule is COCCNC1=C(OC(C)=O)C(=O)CO1. The molecule has 0 aliphatic carbocycles. The van der Waals surface area contributed by atoms with Crippen LogP contribution in [0.2, 0.25) is 0 Å². The lowest BCUT2D eigenvalue weighted by atomic mass is 10.4. The van der Waals surface area contributed by atoms with Crippen LogP contribution in [0.4, 0.5) is 0 Å². The van der Waals surface area contributed by atoms with E-state index in [-0.39, 0.29) is 24.0 Å². The first-order valence-electron chi connectivity index (χ1n) is 4.46. The molecule has 0 atom stereocenters. The summed E-state index contributed by atoms with van der Waals surface area (Å²) in [5.41, 5.74) is 0. The third-order valence-electron chi connectivity index (χ3n) is 1.64. The third-order valence-corrected chi connectivity index (χ3v) is 1.64. The van der Waals surface area contributed by atoms with Crippen molar-refractivity contribution < 1.29 is 23.8 Å². The van der Waals surface area contributed by atoms with E-state index in [1.807, 2.05) is 0 Å². The molecule has 6 nitrogen and oxygen atoms in total. The molecular formula is C9H13NO5. The molecule has 0 bridgehead atoms. The van der Waals surface area contributed by atoms with E-state index in [1.54, 1.807) is 7.11 Å². The molecule has 0 saturated carbocycles. The Kier molecular flexibility index (Phi) is 4.11. The second kappa shape index (κ2) is 5.35. The first-order valence-corrected chi connectivity index (χ1v) is 4.46. The standard InChI is InChI=1S/C9H13NO5/c1-6(11)15-8-7(12)5-14-9(8)10-3-4-13-2/h10H,3-5H2,1-2H3. The highest BCUT2D eigenvalue weighted by Gasteiger charge is 2.28. The number of ether oxygens (including phenoxy) is 3. The number of carbonyl (C=O) groups excluding carboxylic acids is 2. The average Bonchev–Trinajstić information content (AvgIpc) is 2.49. The number of methoxy groups -OCH3 is 1. The van der Waals surface area contributed by atoms with Crippen LogP contribution < -0.4 is 5.32 Å². The molecule has 1 N–H and O–H groups in total. The summed E-state index contributed by atoms with van der Waals surface area (Å²) < 4.78 is 14.6. The molecule has 0 amide bonds. The molecule has 1 heterocycles. The lowest BCUT2D eigenvalue weighted by molar-refractivity contribution is -0.139. The van der Waals surface area contributed by atoms with Crippen LogP contribution >= 0.6 is 0 Å². The number of esters is 1. The Morgan fingerprint density at radius 2 is 2.33 bits per heavy atom. The van der Waals surface area contributed by atoms with Gasteiger partial charge in [-0.15, -0.1) is 0 Å². The molecule has 0 radical (unpaired) electrons. The normalized spacial score (nSPS) is 15.2. The maximum Gasteiger partial charge on any atom is 0.308 e. The van der Waals surface area contributed by atoms with Gasteiger partial charge in [-0.2, -0.15) is 0 Å². The molecule has 0 saturated heterocycles. The van der Waals surface area contributed by atoms with Crippen LogP contribution in [0.15, 0.2) is 11.6 Å². The number of rotatable bonds is 5. The lowest BCUT2D eigenvalue weighted by Crippen LogP contribution is -2.20. The van der Waals surface area contributed by atoms with Crippen LogP contribution in [0.25, 0.3) is 0 Å². The quantitative estimate of drug-likeness (QED) is 0.495. The Balaban J connectivity index is 2.59. The minimum absolute atomic E-state index is 0.0568. The fourth-order valence-corrected chi connectivity index (χ4v) is 1.04. The first-order chi connectivity index (χ1) is 7.15. The topological polar surface area (TPSA) is 73.9 Å². The maximum absolute atomic E-state index is 11.2. The Bertz CT molecular complexity index is 297. The van der Waals surface area contributed by atoms with Gasteiger partial charge >= 0.3 is 5.97 Å². The predicted molar refractivity (Wildman–Crippen MR) is 49.6 cm³/mol. The van der Waals surface area contributed by atoms with E-state index >= 15 is 0 Å². The fraction of sp³-hybridized carbons (Fsp3) is 0.556. The van der Waals surface area contributed by atoms with Crippen LogP contribution in [0.3, 0.4) is 0 Å². The van der Waals surface area contributed by atoms with Gasteiger partial charge in [0.1, 0.15) is 0 Å². The molecular weight excluding hydrogens is 202 g/mol. The zero-order chi connectivity index (χ0) is 11.3. The van der Waals surface area contributed by atoms with Gasteiger partial charge in [0.15, 0.2) is 6.61 Å². The van der Waals surface area contributed by atoms with Crippen LogP contribution in [0.1, 0.15) is 6.92 Å². The molecule has 1 rings (SSSR count). The number of nitrogens with one attached hydrogen (secondary N) is 1. The molecule has 6 heteroatoms. The Morgan fingerprint density at radius 3 is 2.93 bits per heavy atom. The second-order valence-electron chi connectivity index (χ2n) is 2.88. The minimum atomic E-state index is -0.546. The summed E-state index contributed by atoms with van der Waals surface area (Å²) in [5, 5.41) is 2.80. The molecule has 0 aromatic carbocycles. The zero-order valence-corrected chi connectivity index (χ0v) is 8.66. The van der Waals surface area contributed by atoms with E-state index in [0.29, 0.717) is 13.2 Å². The molecule has 0 aromatic heterocycles. The Morgan fingerprint density at radius 1 is 1.60 bits per heavy atom. The van der Waals surface area contributed by atoms with Crippen molar-refractivity contribution in [1.82, 2.24) is 5.32 Å². The van der Waals surface area contributed by atoms with Crippen LogP contribution in [-0.2, 0) is 23.8 Å². The molecule has 0 spiro atoms. The van der Waals surface area contributed by atoms with Gasteiger partial charge in [-0.3, -0.25) is 9.59 Å². The first kappa shape index (κ1) is 11.5. The summed E-state index contributed by atoms with van der Waals surface area (Å²) in [6, 6.07) is 0. The van der Waals surface area contributed by atoms with Crippen molar-refractivity contribution in [3.63, 3.8) is 0 Å². The van der Waals surface area contributed by atoms with E-state index in [4.69, 9.17) is 14.2 Å². The molecule has 1 aliphatic rings.